The topological polar surface area (TPSA) is 55.8 Å². The van der Waals surface area contributed by atoms with Gasteiger partial charge in [-0.25, -0.2) is 0 Å². The smallest absolute Gasteiger partial charge is 0.320 e. The van der Waals surface area contributed by atoms with E-state index >= 15 is 0 Å². The molecule has 2 aliphatic heterocycles. The van der Waals surface area contributed by atoms with Crippen molar-refractivity contribution in [1.29, 1.82) is 0 Å². The van der Waals surface area contributed by atoms with Gasteiger partial charge in [-0.2, -0.15) is 0 Å². The highest BCUT2D eigenvalue weighted by Crippen LogP contribution is 2.20. The maximum absolute atomic E-state index is 11.0. The van der Waals surface area contributed by atoms with Crippen molar-refractivity contribution >= 4 is 5.97 Å². The molecule has 0 aliphatic carbocycles. The van der Waals surface area contributed by atoms with Crippen LogP contribution in [0.15, 0.2) is 0 Å². The van der Waals surface area contributed by atoms with Crippen molar-refractivity contribution in [2.75, 3.05) is 46.3 Å². The van der Waals surface area contributed by atoms with Crippen LogP contribution in [0, 0.1) is 5.92 Å². The number of aliphatic carboxylic acids is 1. The maximum atomic E-state index is 11.0. The fraction of sp³-hybridized carbons (Fsp3) is 0.933. The van der Waals surface area contributed by atoms with E-state index in [1.54, 1.807) is 7.05 Å². The molecule has 2 aliphatic rings. The van der Waals surface area contributed by atoms with E-state index in [2.05, 4.69) is 15.1 Å². The summed E-state index contributed by atoms with van der Waals surface area (Å²) >= 11 is 0. The summed E-state index contributed by atoms with van der Waals surface area (Å²) in [6, 6.07) is -0.405. The Hall–Kier alpha value is -0.650. The molecule has 20 heavy (non-hydrogen) atoms. The third-order valence-corrected chi connectivity index (χ3v) is 4.80. The molecule has 0 aromatic heterocycles. The van der Waals surface area contributed by atoms with E-state index < -0.39 is 12.0 Å². The quantitative estimate of drug-likeness (QED) is 0.726. The number of rotatable bonds is 7. The average molecular weight is 283 g/mol. The minimum atomic E-state index is -0.739. The van der Waals surface area contributed by atoms with Crippen molar-refractivity contribution in [3.05, 3.63) is 0 Å². The molecule has 0 radical (unpaired) electrons. The molecule has 0 saturated carbocycles. The highest BCUT2D eigenvalue weighted by atomic mass is 16.4. The van der Waals surface area contributed by atoms with Gasteiger partial charge in [0.2, 0.25) is 0 Å². The van der Waals surface area contributed by atoms with Gasteiger partial charge < -0.3 is 20.2 Å². The Morgan fingerprint density at radius 2 is 1.85 bits per heavy atom. The van der Waals surface area contributed by atoms with E-state index in [1.807, 2.05) is 0 Å². The number of hydrogen-bond donors (Lipinski definition) is 2. The second kappa shape index (κ2) is 7.96. The van der Waals surface area contributed by atoms with Gasteiger partial charge >= 0.3 is 5.97 Å². The summed E-state index contributed by atoms with van der Waals surface area (Å²) in [4.78, 5) is 16.0. The van der Waals surface area contributed by atoms with E-state index in [4.69, 9.17) is 5.11 Å². The standard InChI is InChI=1S/C15H29N3O2/c1-16-14(15(19)20)6-11-17-9-4-13(5-10-17)12-18-7-2-3-8-18/h13-14,16H,2-12H2,1H3,(H,19,20). The number of hydrogen-bond acceptors (Lipinski definition) is 4. The molecule has 0 amide bonds. The lowest BCUT2D eigenvalue weighted by molar-refractivity contribution is -0.139. The first kappa shape index (κ1) is 15.7. The number of nitrogens with zero attached hydrogens (tertiary/aromatic N) is 2. The van der Waals surface area contributed by atoms with E-state index in [0.717, 1.165) is 25.6 Å². The van der Waals surface area contributed by atoms with Crippen LogP contribution in [0.4, 0.5) is 0 Å². The lowest BCUT2D eigenvalue weighted by Gasteiger charge is -2.34. The zero-order valence-corrected chi connectivity index (χ0v) is 12.7. The SMILES string of the molecule is CNC(CCN1CCC(CN2CCCC2)CC1)C(=O)O. The summed E-state index contributed by atoms with van der Waals surface area (Å²) < 4.78 is 0. The molecule has 0 bridgehead atoms. The van der Waals surface area contributed by atoms with Gasteiger partial charge in [0.1, 0.15) is 6.04 Å². The largest absolute Gasteiger partial charge is 0.480 e. The first-order valence-corrected chi connectivity index (χ1v) is 8.04. The molecule has 1 atom stereocenters. The summed E-state index contributed by atoms with van der Waals surface area (Å²) in [5.41, 5.74) is 0. The monoisotopic (exact) mass is 283 g/mol. The number of carboxylic acid groups (broad SMARTS) is 1. The lowest BCUT2D eigenvalue weighted by atomic mass is 9.96. The van der Waals surface area contributed by atoms with E-state index in [1.165, 1.54) is 45.3 Å². The van der Waals surface area contributed by atoms with Gasteiger partial charge in [0.05, 0.1) is 0 Å². The molecule has 2 N–H and O–H groups in total. The second-order valence-electron chi connectivity index (χ2n) is 6.26. The molecule has 2 rings (SSSR count). The summed E-state index contributed by atoms with van der Waals surface area (Å²) in [6.07, 6.45) is 5.99. The fourth-order valence-corrected chi connectivity index (χ4v) is 3.43. The van der Waals surface area contributed by atoms with Crippen LogP contribution in [0.2, 0.25) is 0 Å². The van der Waals surface area contributed by atoms with Gasteiger partial charge in [0, 0.05) is 13.1 Å². The van der Waals surface area contributed by atoms with Gasteiger partial charge in [0.15, 0.2) is 0 Å². The predicted molar refractivity (Wildman–Crippen MR) is 79.9 cm³/mol. The number of piperidine rings is 1. The summed E-state index contributed by atoms with van der Waals surface area (Å²) in [5.74, 6) is 0.111. The van der Waals surface area contributed by atoms with E-state index in [-0.39, 0.29) is 0 Å². The van der Waals surface area contributed by atoms with E-state index in [0.29, 0.717) is 6.42 Å². The van der Waals surface area contributed by atoms with Crippen LogP contribution < -0.4 is 5.32 Å². The third-order valence-electron chi connectivity index (χ3n) is 4.80. The molecule has 2 saturated heterocycles. The molecule has 5 heteroatoms. The van der Waals surface area contributed by atoms with Crippen molar-refractivity contribution in [1.82, 2.24) is 15.1 Å². The van der Waals surface area contributed by atoms with Crippen molar-refractivity contribution in [3.8, 4) is 0 Å². The zero-order chi connectivity index (χ0) is 14.4. The van der Waals surface area contributed by atoms with Gasteiger partial charge in [-0.3, -0.25) is 4.79 Å². The Morgan fingerprint density at radius 3 is 2.40 bits per heavy atom. The Labute approximate surface area is 122 Å². The average Bonchev–Trinajstić information content (AvgIpc) is 2.94. The van der Waals surface area contributed by atoms with Crippen LogP contribution in [-0.2, 0) is 4.79 Å². The Morgan fingerprint density at radius 1 is 1.20 bits per heavy atom. The minimum Gasteiger partial charge on any atom is -0.480 e. The van der Waals surface area contributed by atoms with Gasteiger partial charge in [-0.15, -0.1) is 0 Å². The number of carbonyl (C=O) groups is 1. The third kappa shape index (κ3) is 4.72. The van der Waals surface area contributed by atoms with Crippen molar-refractivity contribution in [2.24, 2.45) is 5.92 Å². The van der Waals surface area contributed by atoms with Gasteiger partial charge in [-0.05, 0) is 71.2 Å². The van der Waals surface area contributed by atoms with Crippen LogP contribution in [0.25, 0.3) is 0 Å². The molecule has 0 spiro atoms. The predicted octanol–water partition coefficient (Wildman–Crippen LogP) is 0.857. The first-order chi connectivity index (χ1) is 9.69. The highest BCUT2D eigenvalue weighted by Gasteiger charge is 2.23. The van der Waals surface area contributed by atoms with Crippen molar-refractivity contribution in [2.45, 2.75) is 38.1 Å². The van der Waals surface area contributed by atoms with Crippen LogP contribution in [0.1, 0.15) is 32.1 Å². The maximum Gasteiger partial charge on any atom is 0.320 e. The van der Waals surface area contributed by atoms with Crippen LogP contribution in [0.5, 0.6) is 0 Å². The van der Waals surface area contributed by atoms with Crippen LogP contribution in [-0.4, -0.2) is 73.2 Å². The van der Waals surface area contributed by atoms with Gasteiger partial charge in [0.25, 0.3) is 0 Å². The lowest BCUT2D eigenvalue weighted by Crippen LogP contribution is -2.42. The molecule has 0 aromatic rings. The Balaban J connectivity index is 1.62. The summed E-state index contributed by atoms with van der Waals surface area (Å²) in [5, 5.41) is 11.9. The molecule has 5 nitrogen and oxygen atoms in total. The molecular weight excluding hydrogens is 254 g/mol. The van der Waals surface area contributed by atoms with Gasteiger partial charge in [-0.1, -0.05) is 0 Å². The van der Waals surface area contributed by atoms with Crippen LogP contribution >= 0.6 is 0 Å². The molecular formula is C15H29N3O2. The second-order valence-corrected chi connectivity index (χ2v) is 6.26. The first-order valence-electron chi connectivity index (χ1n) is 8.04. The molecule has 1 unspecified atom stereocenters. The van der Waals surface area contributed by atoms with Crippen molar-refractivity contribution < 1.29 is 9.90 Å². The molecule has 0 aromatic carbocycles. The van der Waals surface area contributed by atoms with E-state index in [9.17, 15) is 4.79 Å². The number of carboxylic acids is 1. The Kier molecular flexibility index (Phi) is 6.26. The number of likely N-dealkylation sites (N-methyl/N-ethyl adjacent to an activating group) is 1. The zero-order valence-electron chi connectivity index (χ0n) is 12.7. The summed E-state index contributed by atoms with van der Waals surface area (Å²) in [7, 11) is 1.72. The summed E-state index contributed by atoms with van der Waals surface area (Å²) in [6.45, 7) is 7.03. The number of likely N-dealkylation sites (tertiary alicyclic amines) is 2. The molecule has 2 fully saturated rings. The number of nitrogens with one attached hydrogen (secondary N) is 1. The molecule has 2 heterocycles. The normalized spacial score (nSPS) is 24.1. The highest BCUT2D eigenvalue weighted by molar-refractivity contribution is 5.73. The minimum absolute atomic E-state index is 0.405. The fourth-order valence-electron chi connectivity index (χ4n) is 3.43. The molecule has 116 valence electrons. The van der Waals surface area contributed by atoms with Crippen molar-refractivity contribution in [3.63, 3.8) is 0 Å². The van der Waals surface area contributed by atoms with Crippen LogP contribution in [0.3, 0.4) is 0 Å². The Bertz CT molecular complexity index is 297.